The summed E-state index contributed by atoms with van der Waals surface area (Å²) in [5.41, 5.74) is 7.35. The van der Waals surface area contributed by atoms with Crippen molar-refractivity contribution in [2.24, 2.45) is 0 Å². The molecule has 0 bridgehead atoms. The number of aromatic nitrogens is 1. The molecule has 1 heterocycles. The molecule has 2 N–H and O–H groups in total. The SMILES string of the molecule is CC(=Cc1cc(C)c(-c2ccc3[nH]ccc3c2)cc1C)C(=O)NCC#N. The molecule has 0 aliphatic heterocycles. The average Bonchev–Trinajstić information content (AvgIpc) is 3.10. The van der Waals surface area contributed by atoms with Crippen molar-refractivity contribution in [2.75, 3.05) is 6.54 Å². The zero-order valence-electron chi connectivity index (χ0n) is 15.2. The number of nitrogens with zero attached hydrogens (tertiary/aromatic N) is 1. The zero-order chi connectivity index (χ0) is 18.7. The number of carbonyl (C=O) groups is 1. The van der Waals surface area contributed by atoms with Crippen LogP contribution >= 0.6 is 0 Å². The Hall–Kier alpha value is -3.32. The van der Waals surface area contributed by atoms with Gasteiger partial charge < -0.3 is 10.3 Å². The summed E-state index contributed by atoms with van der Waals surface area (Å²) in [6, 6.07) is 14.7. The fourth-order valence-corrected chi connectivity index (χ4v) is 3.08. The summed E-state index contributed by atoms with van der Waals surface area (Å²) in [6.07, 6.45) is 3.81. The van der Waals surface area contributed by atoms with E-state index in [1.165, 1.54) is 16.5 Å². The van der Waals surface area contributed by atoms with E-state index in [2.05, 4.69) is 53.6 Å². The van der Waals surface area contributed by atoms with Gasteiger partial charge in [-0.2, -0.15) is 5.26 Å². The molecule has 130 valence electrons. The largest absolute Gasteiger partial charge is 0.361 e. The highest BCUT2D eigenvalue weighted by Crippen LogP contribution is 2.29. The van der Waals surface area contributed by atoms with Crippen LogP contribution in [0.2, 0.25) is 0 Å². The van der Waals surface area contributed by atoms with Crippen LogP contribution in [0.15, 0.2) is 48.2 Å². The van der Waals surface area contributed by atoms with Gasteiger partial charge in [0.05, 0.1) is 6.07 Å². The Balaban J connectivity index is 1.95. The number of aromatic amines is 1. The van der Waals surface area contributed by atoms with Crippen LogP contribution in [0.1, 0.15) is 23.6 Å². The smallest absolute Gasteiger partial charge is 0.247 e. The van der Waals surface area contributed by atoms with E-state index in [1.807, 2.05) is 25.3 Å². The van der Waals surface area contributed by atoms with Crippen LogP contribution in [0.5, 0.6) is 0 Å². The van der Waals surface area contributed by atoms with Gasteiger partial charge in [0.15, 0.2) is 0 Å². The number of fused-ring (bicyclic) bond motifs is 1. The molecule has 1 aromatic heterocycles. The van der Waals surface area contributed by atoms with Crippen molar-refractivity contribution in [3.05, 3.63) is 64.9 Å². The van der Waals surface area contributed by atoms with Crippen molar-refractivity contribution in [1.29, 1.82) is 5.26 Å². The summed E-state index contributed by atoms with van der Waals surface area (Å²) in [6.45, 7) is 5.90. The monoisotopic (exact) mass is 343 g/mol. The van der Waals surface area contributed by atoms with Crippen molar-refractivity contribution in [3.63, 3.8) is 0 Å². The van der Waals surface area contributed by atoms with Gasteiger partial charge in [0, 0.05) is 17.3 Å². The van der Waals surface area contributed by atoms with Crippen LogP contribution in [0.25, 0.3) is 28.1 Å². The van der Waals surface area contributed by atoms with Gasteiger partial charge in [-0.1, -0.05) is 18.2 Å². The lowest BCUT2D eigenvalue weighted by molar-refractivity contribution is -0.117. The Labute approximate surface area is 153 Å². The number of amides is 1. The van der Waals surface area contributed by atoms with E-state index < -0.39 is 0 Å². The first kappa shape index (κ1) is 17.5. The molecule has 1 amide bonds. The first-order chi connectivity index (χ1) is 12.5. The Kier molecular flexibility index (Phi) is 4.90. The van der Waals surface area contributed by atoms with Crippen LogP contribution in [0.3, 0.4) is 0 Å². The first-order valence-corrected chi connectivity index (χ1v) is 8.52. The van der Waals surface area contributed by atoms with Crippen molar-refractivity contribution < 1.29 is 4.79 Å². The second-order valence-electron chi connectivity index (χ2n) is 6.47. The minimum atomic E-state index is -0.217. The number of aryl methyl sites for hydroxylation is 2. The first-order valence-electron chi connectivity index (χ1n) is 8.52. The maximum absolute atomic E-state index is 12.0. The third kappa shape index (κ3) is 3.52. The second-order valence-corrected chi connectivity index (χ2v) is 6.47. The molecule has 26 heavy (non-hydrogen) atoms. The minimum Gasteiger partial charge on any atom is -0.361 e. The fraction of sp³-hybridized carbons (Fsp3) is 0.182. The molecule has 3 aromatic rings. The molecule has 2 aromatic carbocycles. The molecule has 0 saturated heterocycles. The van der Waals surface area contributed by atoms with Gasteiger partial charge in [0.2, 0.25) is 5.91 Å². The normalized spacial score (nSPS) is 11.4. The van der Waals surface area contributed by atoms with Gasteiger partial charge in [-0.05, 0) is 78.2 Å². The molecule has 3 rings (SSSR count). The number of rotatable bonds is 4. The van der Waals surface area contributed by atoms with Crippen molar-refractivity contribution >= 4 is 22.9 Å². The third-order valence-corrected chi connectivity index (χ3v) is 4.54. The highest BCUT2D eigenvalue weighted by Gasteiger charge is 2.09. The predicted molar refractivity (Wildman–Crippen MR) is 105 cm³/mol. The van der Waals surface area contributed by atoms with Crippen LogP contribution < -0.4 is 5.32 Å². The summed E-state index contributed by atoms with van der Waals surface area (Å²) < 4.78 is 0. The number of benzene rings is 2. The van der Waals surface area contributed by atoms with Gasteiger partial charge in [0.25, 0.3) is 0 Å². The molecule has 0 atom stereocenters. The van der Waals surface area contributed by atoms with Gasteiger partial charge in [-0.25, -0.2) is 0 Å². The van der Waals surface area contributed by atoms with Crippen LogP contribution in [-0.2, 0) is 4.79 Å². The highest BCUT2D eigenvalue weighted by atomic mass is 16.1. The Morgan fingerprint density at radius 3 is 2.77 bits per heavy atom. The third-order valence-electron chi connectivity index (χ3n) is 4.54. The van der Waals surface area contributed by atoms with Gasteiger partial charge in [-0.3, -0.25) is 4.79 Å². The summed E-state index contributed by atoms with van der Waals surface area (Å²) in [5, 5.41) is 12.3. The lowest BCUT2D eigenvalue weighted by Gasteiger charge is -2.12. The number of carbonyl (C=O) groups excluding carboxylic acids is 1. The molecule has 0 aliphatic carbocycles. The summed E-state index contributed by atoms with van der Waals surface area (Å²) >= 11 is 0. The average molecular weight is 343 g/mol. The van der Waals surface area contributed by atoms with Crippen molar-refractivity contribution in [2.45, 2.75) is 20.8 Å². The lowest BCUT2D eigenvalue weighted by atomic mass is 9.93. The van der Waals surface area contributed by atoms with Gasteiger partial charge >= 0.3 is 0 Å². The molecular weight excluding hydrogens is 322 g/mol. The van der Waals surface area contributed by atoms with E-state index in [0.29, 0.717) is 5.57 Å². The molecule has 0 aliphatic rings. The molecule has 4 heteroatoms. The number of hydrogen-bond acceptors (Lipinski definition) is 2. The van der Waals surface area contributed by atoms with Crippen molar-refractivity contribution in [1.82, 2.24) is 10.3 Å². The molecule has 0 spiro atoms. The van der Waals surface area contributed by atoms with Crippen LogP contribution in [-0.4, -0.2) is 17.4 Å². The summed E-state index contributed by atoms with van der Waals surface area (Å²) in [7, 11) is 0. The molecular formula is C22H21N3O. The van der Waals surface area contributed by atoms with E-state index in [9.17, 15) is 4.79 Å². The Morgan fingerprint density at radius 2 is 2.00 bits per heavy atom. The van der Waals surface area contributed by atoms with Gasteiger partial charge in [0.1, 0.15) is 6.54 Å². The quantitative estimate of drug-likeness (QED) is 0.541. The molecule has 0 radical (unpaired) electrons. The molecule has 0 unspecified atom stereocenters. The van der Waals surface area contributed by atoms with Crippen LogP contribution in [0.4, 0.5) is 0 Å². The fourth-order valence-electron chi connectivity index (χ4n) is 3.08. The Bertz CT molecular complexity index is 1050. The minimum absolute atomic E-state index is 0.0165. The van der Waals surface area contributed by atoms with Gasteiger partial charge in [-0.15, -0.1) is 0 Å². The maximum Gasteiger partial charge on any atom is 0.247 e. The predicted octanol–water partition coefficient (Wildman–Crippen LogP) is 4.49. The zero-order valence-corrected chi connectivity index (χ0v) is 15.2. The maximum atomic E-state index is 12.0. The molecule has 0 saturated carbocycles. The number of H-pyrrole nitrogens is 1. The van der Waals surface area contributed by atoms with E-state index in [0.717, 1.165) is 22.2 Å². The number of nitriles is 1. The topological polar surface area (TPSA) is 68.7 Å². The van der Waals surface area contributed by atoms with E-state index in [-0.39, 0.29) is 12.5 Å². The van der Waals surface area contributed by atoms with Crippen molar-refractivity contribution in [3.8, 4) is 17.2 Å². The summed E-state index contributed by atoms with van der Waals surface area (Å²) in [4.78, 5) is 15.2. The Morgan fingerprint density at radius 1 is 1.19 bits per heavy atom. The molecule has 0 fully saturated rings. The van der Waals surface area contributed by atoms with E-state index >= 15 is 0 Å². The van der Waals surface area contributed by atoms with E-state index in [1.54, 1.807) is 6.92 Å². The number of hydrogen-bond donors (Lipinski definition) is 2. The molecule has 4 nitrogen and oxygen atoms in total. The summed E-state index contributed by atoms with van der Waals surface area (Å²) in [5.74, 6) is -0.217. The van der Waals surface area contributed by atoms with Crippen LogP contribution in [0, 0.1) is 25.2 Å². The number of nitrogens with one attached hydrogen (secondary N) is 2. The second kappa shape index (κ2) is 7.28. The lowest BCUT2D eigenvalue weighted by Crippen LogP contribution is -2.24. The highest BCUT2D eigenvalue weighted by molar-refractivity contribution is 5.97. The standard InChI is InChI=1S/C22H21N3O/c1-14-12-20(17-4-5-21-18(13-17)6-8-24-21)15(2)10-19(14)11-16(3)22(26)25-9-7-23/h4-6,8,10-13,24H,9H2,1-3H3,(H,25,26). The van der Waals surface area contributed by atoms with E-state index in [4.69, 9.17) is 5.26 Å².